The smallest absolute Gasteiger partial charge is 0.163 e. The number of anilines is 1. The number of aliphatic hydroxyl groups excluding tert-OH is 1. The van der Waals surface area contributed by atoms with Gasteiger partial charge in [-0.15, -0.1) is 0 Å². The number of benzene rings is 1. The zero-order chi connectivity index (χ0) is 14.4. The van der Waals surface area contributed by atoms with E-state index in [1.807, 2.05) is 30.3 Å². The molecule has 0 bridgehead atoms. The van der Waals surface area contributed by atoms with E-state index in [1.165, 1.54) is 0 Å². The van der Waals surface area contributed by atoms with Gasteiger partial charge in [0.15, 0.2) is 5.82 Å². The van der Waals surface area contributed by atoms with Gasteiger partial charge in [0.25, 0.3) is 0 Å². The number of aliphatic hydroxyl groups is 1. The van der Waals surface area contributed by atoms with Gasteiger partial charge in [-0.05, 0) is 13.3 Å². The molecule has 0 saturated heterocycles. The van der Waals surface area contributed by atoms with E-state index in [9.17, 15) is 0 Å². The number of hydrogen-bond acceptors (Lipinski definition) is 4. The summed E-state index contributed by atoms with van der Waals surface area (Å²) in [4.78, 5) is 10.9. The van der Waals surface area contributed by atoms with E-state index in [-0.39, 0.29) is 6.61 Å². The summed E-state index contributed by atoms with van der Waals surface area (Å²) in [6.45, 7) is 3.77. The Morgan fingerprint density at radius 3 is 2.60 bits per heavy atom. The van der Waals surface area contributed by atoms with Gasteiger partial charge < -0.3 is 10.0 Å². The summed E-state index contributed by atoms with van der Waals surface area (Å²) < 4.78 is 0. The second kappa shape index (κ2) is 7.22. The highest BCUT2D eigenvalue weighted by Crippen LogP contribution is 2.22. The Balaban J connectivity index is 2.33. The lowest BCUT2D eigenvalue weighted by atomic mass is 10.2. The first-order valence-corrected chi connectivity index (χ1v) is 7.08. The maximum absolute atomic E-state index is 8.96. The molecule has 0 radical (unpaired) electrons. The average Bonchev–Trinajstić information content (AvgIpc) is 2.48. The van der Waals surface area contributed by atoms with Crippen LogP contribution in [0, 0.1) is 0 Å². The highest BCUT2D eigenvalue weighted by atomic mass is 35.5. The first-order chi connectivity index (χ1) is 9.74. The topological polar surface area (TPSA) is 49.2 Å². The van der Waals surface area contributed by atoms with Crippen molar-refractivity contribution in [2.24, 2.45) is 0 Å². The first-order valence-electron chi connectivity index (χ1n) is 6.70. The highest BCUT2D eigenvalue weighted by Gasteiger charge is 2.10. The van der Waals surface area contributed by atoms with Gasteiger partial charge in [0.05, 0.1) is 0 Å². The van der Waals surface area contributed by atoms with E-state index < -0.39 is 0 Å². The zero-order valence-corrected chi connectivity index (χ0v) is 12.2. The van der Waals surface area contributed by atoms with Crippen LogP contribution in [0.5, 0.6) is 0 Å². The van der Waals surface area contributed by atoms with Crippen LogP contribution in [0.3, 0.4) is 0 Å². The Bertz CT molecular complexity index is 548. The molecule has 0 aliphatic heterocycles. The quantitative estimate of drug-likeness (QED) is 0.831. The van der Waals surface area contributed by atoms with Gasteiger partial charge in [-0.25, -0.2) is 9.97 Å². The second-order valence-electron chi connectivity index (χ2n) is 4.40. The molecule has 0 unspecified atom stereocenters. The van der Waals surface area contributed by atoms with Crippen molar-refractivity contribution in [1.82, 2.24) is 9.97 Å². The fraction of sp³-hybridized carbons (Fsp3) is 0.333. The van der Waals surface area contributed by atoms with Crippen molar-refractivity contribution >= 4 is 17.4 Å². The van der Waals surface area contributed by atoms with Crippen LogP contribution in [0.25, 0.3) is 11.4 Å². The van der Waals surface area contributed by atoms with Crippen molar-refractivity contribution in [3.05, 3.63) is 41.6 Å². The van der Waals surface area contributed by atoms with Gasteiger partial charge in [0.1, 0.15) is 11.0 Å². The van der Waals surface area contributed by atoms with Crippen LogP contribution < -0.4 is 4.90 Å². The van der Waals surface area contributed by atoms with E-state index in [1.54, 1.807) is 6.07 Å². The molecule has 0 amide bonds. The van der Waals surface area contributed by atoms with Crippen LogP contribution in [0.2, 0.25) is 5.15 Å². The fourth-order valence-electron chi connectivity index (χ4n) is 1.98. The normalized spacial score (nSPS) is 10.6. The minimum Gasteiger partial charge on any atom is -0.396 e. The van der Waals surface area contributed by atoms with E-state index >= 15 is 0 Å². The molecule has 20 heavy (non-hydrogen) atoms. The molecule has 1 aromatic heterocycles. The summed E-state index contributed by atoms with van der Waals surface area (Å²) in [5.41, 5.74) is 0.939. The van der Waals surface area contributed by atoms with Gasteiger partial charge in [0, 0.05) is 31.3 Å². The molecule has 4 nitrogen and oxygen atoms in total. The average molecular weight is 292 g/mol. The third kappa shape index (κ3) is 3.68. The van der Waals surface area contributed by atoms with E-state index in [0.29, 0.717) is 17.4 Å². The molecule has 0 fully saturated rings. The van der Waals surface area contributed by atoms with Gasteiger partial charge in [-0.2, -0.15) is 0 Å². The second-order valence-corrected chi connectivity index (χ2v) is 4.78. The summed E-state index contributed by atoms with van der Waals surface area (Å²) in [6.07, 6.45) is 0.704. The number of hydrogen-bond donors (Lipinski definition) is 1. The Morgan fingerprint density at radius 1 is 1.20 bits per heavy atom. The molecular weight excluding hydrogens is 274 g/mol. The third-order valence-corrected chi connectivity index (χ3v) is 3.20. The van der Waals surface area contributed by atoms with Gasteiger partial charge in [0.2, 0.25) is 0 Å². The monoisotopic (exact) mass is 291 g/mol. The molecule has 106 valence electrons. The highest BCUT2D eigenvalue weighted by molar-refractivity contribution is 6.29. The third-order valence-electron chi connectivity index (χ3n) is 3.01. The summed E-state index contributed by atoms with van der Waals surface area (Å²) in [7, 11) is 0. The lowest BCUT2D eigenvalue weighted by Crippen LogP contribution is -2.25. The van der Waals surface area contributed by atoms with Crippen LogP contribution in [-0.4, -0.2) is 34.8 Å². The van der Waals surface area contributed by atoms with Crippen LogP contribution in [0.1, 0.15) is 13.3 Å². The summed E-state index contributed by atoms with van der Waals surface area (Å²) in [6, 6.07) is 11.5. The molecule has 1 aromatic carbocycles. The molecule has 5 heteroatoms. The summed E-state index contributed by atoms with van der Waals surface area (Å²) in [5, 5.41) is 9.39. The summed E-state index contributed by atoms with van der Waals surface area (Å²) >= 11 is 6.11. The van der Waals surface area contributed by atoms with Gasteiger partial charge in [-0.3, -0.25) is 0 Å². The lowest BCUT2D eigenvalue weighted by molar-refractivity contribution is 0.289. The molecule has 1 N–H and O–H groups in total. The molecule has 0 aliphatic rings. The molecule has 0 spiro atoms. The van der Waals surface area contributed by atoms with Crippen molar-refractivity contribution in [3.8, 4) is 11.4 Å². The Labute approximate surface area is 124 Å². The number of nitrogens with zero attached hydrogens (tertiary/aromatic N) is 3. The molecule has 0 aliphatic carbocycles. The predicted octanol–water partition coefficient (Wildman–Crippen LogP) is 3.01. The SMILES string of the molecule is CCN(CCCO)c1cc(Cl)nc(-c2ccccc2)n1. The Hall–Kier alpha value is -1.65. The van der Waals surface area contributed by atoms with E-state index in [2.05, 4.69) is 21.8 Å². The van der Waals surface area contributed by atoms with Gasteiger partial charge in [-0.1, -0.05) is 41.9 Å². The maximum Gasteiger partial charge on any atom is 0.163 e. The van der Waals surface area contributed by atoms with Crippen LogP contribution in [-0.2, 0) is 0 Å². The molecule has 0 atom stereocenters. The van der Waals surface area contributed by atoms with E-state index in [4.69, 9.17) is 16.7 Å². The number of halogens is 1. The molecule has 1 heterocycles. The minimum absolute atomic E-state index is 0.168. The Morgan fingerprint density at radius 2 is 1.95 bits per heavy atom. The zero-order valence-electron chi connectivity index (χ0n) is 11.5. The van der Waals surface area contributed by atoms with Gasteiger partial charge >= 0.3 is 0 Å². The molecular formula is C15H18ClN3O. The Kier molecular flexibility index (Phi) is 5.32. The molecule has 2 aromatic rings. The van der Waals surface area contributed by atoms with Crippen LogP contribution in [0.4, 0.5) is 5.82 Å². The lowest BCUT2D eigenvalue weighted by Gasteiger charge is -2.22. The van der Waals surface area contributed by atoms with Crippen molar-refractivity contribution in [2.75, 3.05) is 24.6 Å². The standard InChI is InChI=1S/C15H18ClN3O/c1-2-19(9-6-10-20)14-11-13(16)17-15(18-14)12-7-4-3-5-8-12/h3-5,7-8,11,20H,2,6,9-10H2,1H3. The van der Waals surface area contributed by atoms with E-state index in [0.717, 1.165) is 24.5 Å². The van der Waals surface area contributed by atoms with Crippen LogP contribution in [0.15, 0.2) is 36.4 Å². The fourth-order valence-corrected chi connectivity index (χ4v) is 2.16. The van der Waals surface area contributed by atoms with Crippen molar-refractivity contribution in [3.63, 3.8) is 0 Å². The number of rotatable bonds is 6. The van der Waals surface area contributed by atoms with Crippen LogP contribution >= 0.6 is 11.6 Å². The molecule has 2 rings (SSSR count). The van der Waals surface area contributed by atoms with Crippen molar-refractivity contribution < 1.29 is 5.11 Å². The first kappa shape index (κ1) is 14.8. The largest absolute Gasteiger partial charge is 0.396 e. The minimum atomic E-state index is 0.168. The van der Waals surface area contributed by atoms with Crippen molar-refractivity contribution in [1.29, 1.82) is 0 Å². The maximum atomic E-state index is 8.96. The molecule has 0 saturated carbocycles. The predicted molar refractivity (Wildman–Crippen MR) is 82.1 cm³/mol. The number of aromatic nitrogens is 2. The van der Waals surface area contributed by atoms with Crippen molar-refractivity contribution in [2.45, 2.75) is 13.3 Å². The summed E-state index contributed by atoms with van der Waals surface area (Å²) in [5.74, 6) is 1.41.